The fourth-order valence-electron chi connectivity index (χ4n) is 3.95. The molecule has 2 heterocycles. The Morgan fingerprint density at radius 3 is 2.15 bits per heavy atom. The summed E-state index contributed by atoms with van der Waals surface area (Å²) in [5.41, 5.74) is 0.604. The average molecular weight is 477 g/mol. The SMILES string of the molecule is O=C(NCC1CCNCC1)c1cc2ccc(Oc3ccc(Oc4ccc(Cl)cc4)cc3)cc2o1. The third kappa shape index (κ3) is 5.53. The Morgan fingerprint density at radius 1 is 0.882 bits per heavy atom. The first-order chi connectivity index (χ1) is 16.6. The van der Waals surface area contributed by atoms with Crippen LogP contribution in [-0.4, -0.2) is 25.5 Å². The zero-order chi connectivity index (χ0) is 23.3. The first kappa shape index (κ1) is 22.3. The first-order valence-corrected chi connectivity index (χ1v) is 11.7. The lowest BCUT2D eigenvalue weighted by atomic mass is 9.98. The van der Waals surface area contributed by atoms with Gasteiger partial charge in [-0.05, 0) is 98.6 Å². The van der Waals surface area contributed by atoms with Crippen LogP contribution in [-0.2, 0) is 0 Å². The van der Waals surface area contributed by atoms with Gasteiger partial charge in [0.15, 0.2) is 5.76 Å². The molecule has 1 fully saturated rings. The van der Waals surface area contributed by atoms with Crippen LogP contribution in [0, 0.1) is 5.92 Å². The van der Waals surface area contributed by atoms with Crippen molar-refractivity contribution in [2.24, 2.45) is 5.92 Å². The van der Waals surface area contributed by atoms with E-state index in [1.165, 1.54) is 0 Å². The molecule has 1 aliphatic rings. The molecule has 2 N–H and O–H groups in total. The second kappa shape index (κ2) is 10.2. The van der Waals surface area contributed by atoms with Crippen LogP contribution in [0.3, 0.4) is 0 Å². The third-order valence-corrected chi connectivity index (χ3v) is 6.09. The van der Waals surface area contributed by atoms with Crippen molar-refractivity contribution in [2.45, 2.75) is 12.8 Å². The molecule has 1 aromatic heterocycles. The van der Waals surface area contributed by atoms with Gasteiger partial charge in [-0.15, -0.1) is 0 Å². The van der Waals surface area contributed by atoms with Gasteiger partial charge in [-0.2, -0.15) is 0 Å². The van der Waals surface area contributed by atoms with Gasteiger partial charge in [-0.1, -0.05) is 11.6 Å². The highest BCUT2D eigenvalue weighted by atomic mass is 35.5. The van der Waals surface area contributed by atoms with E-state index >= 15 is 0 Å². The van der Waals surface area contributed by atoms with E-state index < -0.39 is 0 Å². The molecule has 174 valence electrons. The quantitative estimate of drug-likeness (QED) is 0.323. The molecular weight excluding hydrogens is 452 g/mol. The number of furan rings is 1. The molecule has 3 aromatic carbocycles. The molecule has 0 atom stereocenters. The summed E-state index contributed by atoms with van der Waals surface area (Å²) in [6.45, 7) is 2.68. The van der Waals surface area contributed by atoms with E-state index in [2.05, 4.69) is 10.6 Å². The Bertz CT molecular complexity index is 1260. The highest BCUT2D eigenvalue weighted by molar-refractivity contribution is 6.30. The smallest absolute Gasteiger partial charge is 0.287 e. The van der Waals surface area contributed by atoms with Crippen LogP contribution in [0.4, 0.5) is 0 Å². The third-order valence-electron chi connectivity index (χ3n) is 5.83. The molecular formula is C27H25ClN2O4. The van der Waals surface area contributed by atoms with Gasteiger partial charge in [0, 0.05) is 23.0 Å². The molecule has 0 unspecified atom stereocenters. The van der Waals surface area contributed by atoms with E-state index in [0.717, 1.165) is 31.3 Å². The second-order valence-corrected chi connectivity index (χ2v) is 8.78. The van der Waals surface area contributed by atoms with Gasteiger partial charge >= 0.3 is 0 Å². The average Bonchev–Trinajstić information content (AvgIpc) is 3.29. The van der Waals surface area contributed by atoms with Gasteiger partial charge in [-0.3, -0.25) is 4.79 Å². The van der Waals surface area contributed by atoms with Crippen LogP contribution in [0.2, 0.25) is 5.02 Å². The lowest BCUT2D eigenvalue weighted by Gasteiger charge is -2.22. The van der Waals surface area contributed by atoms with Crippen LogP contribution in [0.15, 0.2) is 77.2 Å². The van der Waals surface area contributed by atoms with E-state index in [0.29, 0.717) is 51.8 Å². The summed E-state index contributed by atoms with van der Waals surface area (Å²) < 4.78 is 17.6. The van der Waals surface area contributed by atoms with Gasteiger partial charge in [0.25, 0.3) is 5.91 Å². The minimum atomic E-state index is -0.187. The van der Waals surface area contributed by atoms with Gasteiger partial charge < -0.3 is 24.5 Å². The number of hydrogen-bond acceptors (Lipinski definition) is 5. The standard InChI is InChI=1S/C27H25ClN2O4/c28-20-2-5-21(6-3-20)32-22-7-9-23(10-8-22)33-24-4-1-19-15-26(34-25(19)16-24)27(31)30-17-18-11-13-29-14-12-18/h1-10,15-16,18,29H,11-14,17H2,(H,30,31). The maximum Gasteiger partial charge on any atom is 0.287 e. The molecule has 0 aliphatic carbocycles. The summed E-state index contributed by atoms with van der Waals surface area (Å²) in [7, 11) is 0. The highest BCUT2D eigenvalue weighted by Crippen LogP contribution is 2.30. The van der Waals surface area contributed by atoms with E-state index in [9.17, 15) is 4.79 Å². The van der Waals surface area contributed by atoms with Crippen LogP contribution in [0.1, 0.15) is 23.4 Å². The van der Waals surface area contributed by atoms with Crippen LogP contribution in [0.5, 0.6) is 23.0 Å². The number of halogens is 1. The van der Waals surface area contributed by atoms with E-state index in [1.807, 2.05) is 48.5 Å². The zero-order valence-electron chi connectivity index (χ0n) is 18.6. The molecule has 4 aromatic rings. The predicted octanol–water partition coefficient (Wildman–Crippen LogP) is 6.40. The number of rotatable bonds is 7. The predicted molar refractivity (Wildman–Crippen MR) is 132 cm³/mol. The van der Waals surface area contributed by atoms with Gasteiger partial charge in [0.2, 0.25) is 0 Å². The highest BCUT2D eigenvalue weighted by Gasteiger charge is 2.17. The van der Waals surface area contributed by atoms with Crippen molar-refractivity contribution < 1.29 is 18.7 Å². The minimum Gasteiger partial charge on any atom is -0.457 e. The number of benzene rings is 3. The van der Waals surface area contributed by atoms with E-state index in [-0.39, 0.29) is 5.91 Å². The number of fused-ring (bicyclic) bond motifs is 1. The fraction of sp³-hybridized carbons (Fsp3) is 0.222. The van der Waals surface area contributed by atoms with Gasteiger partial charge in [-0.25, -0.2) is 0 Å². The Balaban J connectivity index is 1.21. The summed E-state index contributed by atoms with van der Waals surface area (Å²) in [5, 5.41) is 7.85. The maximum atomic E-state index is 12.5. The maximum absolute atomic E-state index is 12.5. The van der Waals surface area contributed by atoms with Crippen LogP contribution >= 0.6 is 11.6 Å². The molecule has 6 nitrogen and oxygen atoms in total. The fourth-order valence-corrected chi connectivity index (χ4v) is 4.07. The molecule has 0 spiro atoms. The molecule has 0 bridgehead atoms. The van der Waals surface area contributed by atoms with E-state index in [4.69, 9.17) is 25.5 Å². The largest absolute Gasteiger partial charge is 0.457 e. The Morgan fingerprint density at radius 2 is 1.47 bits per heavy atom. The first-order valence-electron chi connectivity index (χ1n) is 11.4. The summed E-state index contributed by atoms with van der Waals surface area (Å²) in [6, 6.07) is 21.8. The summed E-state index contributed by atoms with van der Waals surface area (Å²) in [6.07, 6.45) is 2.16. The van der Waals surface area contributed by atoms with Crippen LogP contribution < -0.4 is 20.1 Å². The number of ether oxygens (including phenoxy) is 2. The van der Waals surface area contributed by atoms with Gasteiger partial charge in [0.1, 0.15) is 28.6 Å². The normalized spacial score (nSPS) is 14.1. The van der Waals surface area contributed by atoms with Gasteiger partial charge in [0.05, 0.1) is 0 Å². The van der Waals surface area contributed by atoms with Crippen molar-refractivity contribution in [3.05, 3.63) is 83.6 Å². The number of carbonyl (C=O) groups excluding carboxylic acids is 1. The molecule has 1 amide bonds. The Kier molecular flexibility index (Phi) is 6.70. The van der Waals surface area contributed by atoms with Crippen molar-refractivity contribution in [1.29, 1.82) is 0 Å². The van der Waals surface area contributed by atoms with Crippen molar-refractivity contribution in [3.8, 4) is 23.0 Å². The van der Waals surface area contributed by atoms with Crippen molar-refractivity contribution in [1.82, 2.24) is 10.6 Å². The molecule has 0 radical (unpaired) electrons. The molecule has 34 heavy (non-hydrogen) atoms. The lowest BCUT2D eigenvalue weighted by molar-refractivity contribution is 0.0918. The van der Waals surface area contributed by atoms with Crippen LogP contribution in [0.25, 0.3) is 11.0 Å². The molecule has 7 heteroatoms. The summed E-state index contributed by atoms with van der Waals surface area (Å²) in [4.78, 5) is 12.5. The Hall–Kier alpha value is -3.48. The second-order valence-electron chi connectivity index (χ2n) is 8.34. The monoisotopic (exact) mass is 476 g/mol. The van der Waals surface area contributed by atoms with Crippen molar-refractivity contribution in [2.75, 3.05) is 19.6 Å². The summed E-state index contributed by atoms with van der Waals surface area (Å²) in [5.74, 6) is 3.31. The van der Waals surface area contributed by atoms with Crippen molar-refractivity contribution in [3.63, 3.8) is 0 Å². The number of carbonyl (C=O) groups is 1. The summed E-state index contributed by atoms with van der Waals surface area (Å²) >= 11 is 5.91. The lowest BCUT2D eigenvalue weighted by Crippen LogP contribution is -2.35. The molecule has 5 rings (SSSR count). The van der Waals surface area contributed by atoms with E-state index in [1.54, 1.807) is 24.3 Å². The zero-order valence-corrected chi connectivity index (χ0v) is 19.3. The number of piperidine rings is 1. The Labute approximate surface area is 202 Å². The topological polar surface area (TPSA) is 72.7 Å². The number of amides is 1. The van der Waals surface area contributed by atoms with Crippen molar-refractivity contribution >= 4 is 28.5 Å². The number of hydrogen-bond donors (Lipinski definition) is 2. The molecule has 1 saturated heterocycles. The number of nitrogens with one attached hydrogen (secondary N) is 2. The molecule has 0 saturated carbocycles. The molecule has 1 aliphatic heterocycles. The minimum absolute atomic E-state index is 0.187.